The molecule has 0 saturated heterocycles. The zero-order valence-corrected chi connectivity index (χ0v) is 9.36. The SMILES string of the molecule is CCS(=O)(=O)N(SC(=O)O)SC(=O)O. The zero-order chi connectivity index (χ0) is 11.4. The Hall–Kier alpha value is -0.450. The van der Waals surface area contributed by atoms with Crippen molar-refractivity contribution in [3.63, 3.8) is 0 Å². The van der Waals surface area contributed by atoms with E-state index >= 15 is 0 Å². The molecule has 82 valence electrons. The Labute approximate surface area is 88.8 Å². The van der Waals surface area contributed by atoms with Crippen LogP contribution in [0.1, 0.15) is 6.92 Å². The lowest BCUT2D eigenvalue weighted by Gasteiger charge is -2.12. The predicted octanol–water partition coefficient (Wildman–Crippen LogP) is 1.29. The molecule has 0 heterocycles. The molecule has 0 unspecified atom stereocenters. The van der Waals surface area contributed by atoms with Crippen molar-refractivity contribution < 1.29 is 28.2 Å². The minimum absolute atomic E-state index is 0.0964. The van der Waals surface area contributed by atoms with Crippen LogP contribution < -0.4 is 0 Å². The molecule has 7 nitrogen and oxygen atoms in total. The summed E-state index contributed by atoms with van der Waals surface area (Å²) in [4.78, 5) is 20.4. The predicted molar refractivity (Wildman–Crippen MR) is 52.5 cm³/mol. The molecule has 0 aromatic heterocycles. The topological polar surface area (TPSA) is 112 Å². The molecule has 0 bridgehead atoms. The second kappa shape index (κ2) is 5.44. The van der Waals surface area contributed by atoms with E-state index < -0.39 is 20.6 Å². The zero-order valence-electron chi connectivity index (χ0n) is 6.91. The van der Waals surface area contributed by atoms with Gasteiger partial charge in [-0.15, -0.1) is 0 Å². The van der Waals surface area contributed by atoms with Crippen LogP contribution in [-0.4, -0.2) is 38.1 Å². The molecule has 0 amide bonds. The van der Waals surface area contributed by atoms with Crippen LogP contribution in [0.2, 0.25) is 0 Å². The van der Waals surface area contributed by atoms with Gasteiger partial charge in [-0.2, -0.15) is 0 Å². The number of hydrogen-bond donors (Lipinski definition) is 2. The van der Waals surface area contributed by atoms with Gasteiger partial charge in [0.2, 0.25) is 10.0 Å². The van der Waals surface area contributed by atoms with Crippen molar-refractivity contribution in [2.45, 2.75) is 6.92 Å². The van der Waals surface area contributed by atoms with E-state index in [4.69, 9.17) is 10.2 Å². The van der Waals surface area contributed by atoms with Gasteiger partial charge in [-0.3, -0.25) is 0 Å². The number of hydrogen-bond acceptors (Lipinski definition) is 6. The van der Waals surface area contributed by atoms with Crippen LogP contribution in [0, 0.1) is 0 Å². The number of rotatable bonds is 4. The second-order valence-corrected chi connectivity index (χ2v) is 6.40. The van der Waals surface area contributed by atoms with Crippen molar-refractivity contribution in [1.29, 1.82) is 0 Å². The van der Waals surface area contributed by atoms with Gasteiger partial charge in [0, 0.05) is 0 Å². The minimum Gasteiger partial charge on any atom is -0.472 e. The average Bonchev–Trinajstić information content (AvgIpc) is 2.01. The number of sulfonamides is 1. The van der Waals surface area contributed by atoms with Gasteiger partial charge in [-0.25, -0.2) is 18.0 Å². The Morgan fingerprint density at radius 2 is 1.57 bits per heavy atom. The largest absolute Gasteiger partial charge is 0.472 e. The smallest absolute Gasteiger partial charge is 0.382 e. The molecule has 0 radical (unpaired) electrons. The lowest BCUT2D eigenvalue weighted by atomic mass is 11.0. The molecular formula is C4H7NO6S3. The number of carboxylic acid groups (broad SMARTS) is 2. The summed E-state index contributed by atoms with van der Waals surface area (Å²) in [6.07, 6.45) is 0. The summed E-state index contributed by atoms with van der Waals surface area (Å²) in [6.45, 7) is 1.28. The molecule has 0 aromatic rings. The van der Waals surface area contributed by atoms with Crippen LogP contribution in [0.4, 0.5) is 9.59 Å². The molecule has 0 aliphatic carbocycles. The van der Waals surface area contributed by atoms with Crippen LogP contribution >= 0.6 is 23.9 Å². The minimum atomic E-state index is -3.85. The summed E-state index contributed by atoms with van der Waals surface area (Å²) in [6, 6.07) is 0. The monoisotopic (exact) mass is 261 g/mol. The molecule has 0 saturated carbocycles. The number of nitrogens with zero attached hydrogens (tertiary/aromatic N) is 1. The van der Waals surface area contributed by atoms with Crippen molar-refractivity contribution in [2.24, 2.45) is 0 Å². The maximum atomic E-state index is 11.1. The molecule has 0 spiro atoms. The molecular weight excluding hydrogens is 254 g/mol. The lowest BCUT2D eigenvalue weighted by Crippen LogP contribution is -2.22. The van der Waals surface area contributed by atoms with E-state index in [-0.39, 0.29) is 32.8 Å². The molecule has 0 fully saturated rings. The summed E-state index contributed by atoms with van der Waals surface area (Å²) < 4.78 is 22.5. The second-order valence-electron chi connectivity index (χ2n) is 1.81. The first kappa shape index (κ1) is 13.5. The summed E-state index contributed by atoms with van der Waals surface area (Å²) >= 11 is -0.193. The fourth-order valence-corrected chi connectivity index (χ4v) is 3.29. The van der Waals surface area contributed by atoms with Crippen molar-refractivity contribution >= 4 is 44.5 Å². The first-order valence-electron chi connectivity index (χ1n) is 3.14. The summed E-state index contributed by atoms with van der Waals surface area (Å²) in [5.74, 6) is -0.367. The van der Waals surface area contributed by atoms with Gasteiger partial charge in [-0.1, -0.05) is 3.12 Å². The van der Waals surface area contributed by atoms with Crippen molar-refractivity contribution in [3.8, 4) is 0 Å². The standard InChI is InChI=1S/C4H7NO6S3/c1-2-14(10,11)5(12-3(6)7)13-4(8)9/h2H2,1H3,(H,6,7)(H,8,9). The molecule has 0 atom stereocenters. The van der Waals surface area contributed by atoms with Crippen LogP contribution in [0.5, 0.6) is 0 Å². The van der Waals surface area contributed by atoms with Crippen LogP contribution in [0.25, 0.3) is 0 Å². The third kappa shape index (κ3) is 4.69. The van der Waals surface area contributed by atoms with E-state index in [1.54, 1.807) is 0 Å². The van der Waals surface area contributed by atoms with E-state index in [1.165, 1.54) is 6.92 Å². The highest BCUT2D eigenvalue weighted by Crippen LogP contribution is 2.27. The maximum absolute atomic E-state index is 11.1. The Morgan fingerprint density at radius 1 is 1.21 bits per heavy atom. The van der Waals surface area contributed by atoms with Crippen LogP contribution in [0.15, 0.2) is 0 Å². The molecule has 10 heteroatoms. The van der Waals surface area contributed by atoms with E-state index in [0.29, 0.717) is 0 Å². The van der Waals surface area contributed by atoms with Gasteiger partial charge in [0.1, 0.15) is 0 Å². The Morgan fingerprint density at radius 3 is 1.79 bits per heavy atom. The van der Waals surface area contributed by atoms with Crippen molar-refractivity contribution in [1.82, 2.24) is 3.12 Å². The maximum Gasteiger partial charge on any atom is 0.382 e. The van der Waals surface area contributed by atoms with E-state index in [0.717, 1.165) is 0 Å². The van der Waals surface area contributed by atoms with Gasteiger partial charge in [0.15, 0.2) is 0 Å². The van der Waals surface area contributed by atoms with Gasteiger partial charge in [-0.05, 0) is 6.92 Å². The average molecular weight is 261 g/mol. The normalized spacial score (nSPS) is 11.6. The molecule has 14 heavy (non-hydrogen) atoms. The highest BCUT2D eigenvalue weighted by molar-refractivity contribution is 8.32. The van der Waals surface area contributed by atoms with E-state index in [2.05, 4.69) is 0 Å². The molecule has 0 aromatic carbocycles. The highest BCUT2D eigenvalue weighted by atomic mass is 32.3. The fourth-order valence-electron chi connectivity index (χ4n) is 0.365. The highest BCUT2D eigenvalue weighted by Gasteiger charge is 2.27. The molecule has 0 aliphatic heterocycles. The van der Waals surface area contributed by atoms with E-state index in [1.807, 2.05) is 0 Å². The van der Waals surface area contributed by atoms with Crippen LogP contribution in [0.3, 0.4) is 0 Å². The Kier molecular flexibility index (Phi) is 5.26. The van der Waals surface area contributed by atoms with Gasteiger partial charge < -0.3 is 10.2 Å². The quantitative estimate of drug-likeness (QED) is 0.728. The Balaban J connectivity index is 4.72. The molecule has 0 aliphatic rings. The fraction of sp³-hybridized carbons (Fsp3) is 0.500. The lowest BCUT2D eigenvalue weighted by molar-refractivity contribution is 0.221. The first-order chi connectivity index (χ1) is 6.29. The summed E-state index contributed by atoms with van der Waals surface area (Å²) in [7, 11) is -3.85. The van der Waals surface area contributed by atoms with Gasteiger partial charge in [0.05, 0.1) is 29.6 Å². The van der Waals surface area contributed by atoms with Crippen LogP contribution in [-0.2, 0) is 10.0 Å². The summed E-state index contributed by atoms with van der Waals surface area (Å²) in [5.41, 5.74) is 0. The van der Waals surface area contributed by atoms with Gasteiger partial charge >= 0.3 is 10.6 Å². The van der Waals surface area contributed by atoms with E-state index in [9.17, 15) is 18.0 Å². The third-order valence-electron chi connectivity index (χ3n) is 0.897. The first-order valence-corrected chi connectivity index (χ1v) is 6.30. The Bertz CT molecular complexity index is 308. The van der Waals surface area contributed by atoms with Crippen molar-refractivity contribution in [2.75, 3.05) is 5.75 Å². The third-order valence-corrected chi connectivity index (χ3v) is 4.95. The van der Waals surface area contributed by atoms with Gasteiger partial charge in [0.25, 0.3) is 0 Å². The van der Waals surface area contributed by atoms with Crippen molar-refractivity contribution in [3.05, 3.63) is 0 Å². The molecule has 2 N–H and O–H groups in total. The molecule has 0 rings (SSSR count). The number of carbonyl (C=O) groups is 2. The summed E-state index contributed by atoms with van der Waals surface area (Å²) in [5, 5.41) is 13.6.